The number of hydrogen-bond acceptors (Lipinski definition) is 3. The zero-order valence-electron chi connectivity index (χ0n) is 11.8. The molecule has 0 saturated carbocycles. The summed E-state index contributed by atoms with van der Waals surface area (Å²) in [6, 6.07) is 18.0. The van der Waals surface area contributed by atoms with Crippen LogP contribution in [0.3, 0.4) is 0 Å². The second-order valence-electron chi connectivity index (χ2n) is 4.81. The number of hydrogen-bond donors (Lipinski definition) is 2. The lowest BCUT2D eigenvalue weighted by molar-refractivity contribution is 0.174. The lowest BCUT2D eigenvalue weighted by atomic mass is 10.1. The molecule has 1 atom stereocenters. The molecule has 0 aliphatic rings. The summed E-state index contributed by atoms with van der Waals surface area (Å²) in [4.78, 5) is 0. The van der Waals surface area contributed by atoms with Crippen LogP contribution in [0.25, 0.3) is 0 Å². The van der Waals surface area contributed by atoms with Gasteiger partial charge in [-0.3, -0.25) is 0 Å². The predicted molar refractivity (Wildman–Crippen MR) is 80.3 cm³/mol. The third kappa shape index (κ3) is 4.46. The highest BCUT2D eigenvalue weighted by Gasteiger charge is 2.05. The molecular weight excluding hydrogens is 250 g/mol. The molecule has 0 radical (unpaired) electrons. The molecular formula is C17H21NO2. The summed E-state index contributed by atoms with van der Waals surface area (Å²) in [5.41, 5.74) is 3.29. The lowest BCUT2D eigenvalue weighted by Gasteiger charge is -2.12. The van der Waals surface area contributed by atoms with E-state index < -0.39 is 6.10 Å². The lowest BCUT2D eigenvalue weighted by Crippen LogP contribution is -2.21. The summed E-state index contributed by atoms with van der Waals surface area (Å²) < 4.78 is 5.12. The van der Waals surface area contributed by atoms with Crippen LogP contribution in [0.5, 0.6) is 0 Å². The van der Waals surface area contributed by atoms with Gasteiger partial charge in [-0.1, -0.05) is 54.6 Å². The molecule has 20 heavy (non-hydrogen) atoms. The molecule has 0 aliphatic carbocycles. The van der Waals surface area contributed by atoms with Crippen LogP contribution in [0, 0.1) is 0 Å². The van der Waals surface area contributed by atoms with Crippen molar-refractivity contribution in [3.63, 3.8) is 0 Å². The Morgan fingerprint density at radius 3 is 2.55 bits per heavy atom. The molecule has 2 rings (SSSR count). The molecule has 0 amide bonds. The largest absolute Gasteiger partial charge is 0.387 e. The predicted octanol–water partition coefficient (Wildman–Crippen LogP) is 2.66. The first-order valence-corrected chi connectivity index (χ1v) is 6.80. The Balaban J connectivity index is 1.82. The van der Waals surface area contributed by atoms with Gasteiger partial charge in [-0.2, -0.15) is 0 Å². The summed E-state index contributed by atoms with van der Waals surface area (Å²) in [5.74, 6) is 0. The van der Waals surface area contributed by atoms with Gasteiger partial charge in [0.15, 0.2) is 0 Å². The van der Waals surface area contributed by atoms with Crippen molar-refractivity contribution in [2.45, 2.75) is 19.3 Å². The summed E-state index contributed by atoms with van der Waals surface area (Å²) >= 11 is 0. The van der Waals surface area contributed by atoms with Gasteiger partial charge in [0.2, 0.25) is 0 Å². The molecule has 2 aromatic rings. The molecule has 0 spiro atoms. The summed E-state index contributed by atoms with van der Waals surface area (Å²) in [6.07, 6.45) is -0.474. The van der Waals surface area contributed by atoms with Crippen molar-refractivity contribution in [2.75, 3.05) is 13.7 Å². The van der Waals surface area contributed by atoms with Gasteiger partial charge in [-0.05, 0) is 16.7 Å². The molecule has 3 nitrogen and oxygen atoms in total. The summed E-state index contributed by atoms with van der Waals surface area (Å²) in [6.45, 7) is 1.90. The minimum atomic E-state index is -0.474. The first-order chi connectivity index (χ1) is 9.79. The minimum absolute atomic E-state index is 0.474. The Kier molecular flexibility index (Phi) is 5.74. The highest BCUT2D eigenvalue weighted by Crippen LogP contribution is 2.11. The first kappa shape index (κ1) is 14.7. The van der Waals surface area contributed by atoms with Gasteiger partial charge in [0.25, 0.3) is 0 Å². The van der Waals surface area contributed by atoms with Crippen LogP contribution in [-0.4, -0.2) is 18.8 Å². The Bertz CT molecular complexity index is 513. The van der Waals surface area contributed by atoms with Gasteiger partial charge in [0.1, 0.15) is 0 Å². The fraction of sp³-hybridized carbons (Fsp3) is 0.294. The fourth-order valence-corrected chi connectivity index (χ4v) is 2.14. The number of benzene rings is 2. The summed E-state index contributed by atoms with van der Waals surface area (Å²) in [7, 11) is 1.70. The van der Waals surface area contributed by atoms with Crippen molar-refractivity contribution in [3.8, 4) is 0 Å². The first-order valence-electron chi connectivity index (χ1n) is 6.80. The molecule has 106 valence electrons. The summed E-state index contributed by atoms with van der Waals surface area (Å²) in [5, 5.41) is 13.3. The van der Waals surface area contributed by atoms with E-state index in [9.17, 15) is 5.11 Å². The molecule has 0 aliphatic heterocycles. The highest BCUT2D eigenvalue weighted by molar-refractivity contribution is 5.23. The number of rotatable bonds is 7. The molecule has 0 fully saturated rings. The topological polar surface area (TPSA) is 41.5 Å². The van der Waals surface area contributed by atoms with Crippen LogP contribution in [0.4, 0.5) is 0 Å². The average Bonchev–Trinajstić information content (AvgIpc) is 2.49. The number of aliphatic hydroxyl groups excluding tert-OH is 1. The van der Waals surface area contributed by atoms with Crippen molar-refractivity contribution in [2.24, 2.45) is 0 Å². The molecule has 0 aromatic heterocycles. The van der Waals surface area contributed by atoms with E-state index in [1.54, 1.807) is 7.11 Å². The third-order valence-electron chi connectivity index (χ3n) is 3.15. The molecule has 0 heterocycles. The van der Waals surface area contributed by atoms with E-state index in [1.165, 1.54) is 5.56 Å². The molecule has 1 unspecified atom stereocenters. The van der Waals surface area contributed by atoms with Crippen molar-refractivity contribution in [1.29, 1.82) is 0 Å². The van der Waals surface area contributed by atoms with Crippen LogP contribution >= 0.6 is 0 Å². The second kappa shape index (κ2) is 7.80. The molecule has 0 bridgehead atoms. The third-order valence-corrected chi connectivity index (χ3v) is 3.15. The Labute approximate surface area is 120 Å². The number of ether oxygens (including phenoxy) is 1. The standard InChI is InChI=1S/C17H21NO2/c1-20-13-15-7-5-6-14(10-15)11-18-12-17(19)16-8-3-2-4-9-16/h2-10,17-19H,11-13H2,1H3. The molecule has 2 aromatic carbocycles. The molecule has 3 heteroatoms. The van der Waals surface area contributed by atoms with E-state index in [4.69, 9.17) is 4.74 Å². The van der Waals surface area contributed by atoms with E-state index in [2.05, 4.69) is 17.4 Å². The fourth-order valence-electron chi connectivity index (χ4n) is 2.14. The van der Waals surface area contributed by atoms with Crippen molar-refractivity contribution < 1.29 is 9.84 Å². The van der Waals surface area contributed by atoms with Gasteiger partial charge in [0.05, 0.1) is 12.7 Å². The quantitative estimate of drug-likeness (QED) is 0.813. The molecule has 2 N–H and O–H groups in total. The Morgan fingerprint density at radius 1 is 1.05 bits per heavy atom. The van der Waals surface area contributed by atoms with E-state index in [0.717, 1.165) is 17.7 Å². The minimum Gasteiger partial charge on any atom is -0.387 e. The zero-order chi connectivity index (χ0) is 14.2. The van der Waals surface area contributed by atoms with Gasteiger partial charge < -0.3 is 15.2 Å². The number of methoxy groups -OCH3 is 1. The van der Waals surface area contributed by atoms with Crippen LogP contribution in [0.15, 0.2) is 54.6 Å². The average molecular weight is 271 g/mol. The van der Waals surface area contributed by atoms with E-state index in [0.29, 0.717) is 13.2 Å². The Morgan fingerprint density at radius 2 is 1.80 bits per heavy atom. The van der Waals surface area contributed by atoms with Crippen LogP contribution in [0.2, 0.25) is 0 Å². The zero-order valence-corrected chi connectivity index (χ0v) is 11.8. The van der Waals surface area contributed by atoms with Gasteiger partial charge in [-0.25, -0.2) is 0 Å². The van der Waals surface area contributed by atoms with Gasteiger partial charge in [0, 0.05) is 20.2 Å². The second-order valence-corrected chi connectivity index (χ2v) is 4.81. The van der Waals surface area contributed by atoms with Crippen molar-refractivity contribution in [1.82, 2.24) is 5.32 Å². The molecule has 0 saturated heterocycles. The maximum absolute atomic E-state index is 10.1. The van der Waals surface area contributed by atoms with E-state index >= 15 is 0 Å². The highest BCUT2D eigenvalue weighted by atomic mass is 16.5. The van der Waals surface area contributed by atoms with E-state index in [1.807, 2.05) is 42.5 Å². The van der Waals surface area contributed by atoms with E-state index in [-0.39, 0.29) is 0 Å². The SMILES string of the molecule is COCc1cccc(CNCC(O)c2ccccc2)c1. The number of aliphatic hydroxyl groups is 1. The van der Waals surface area contributed by atoms with Crippen LogP contribution in [-0.2, 0) is 17.9 Å². The van der Waals surface area contributed by atoms with Gasteiger partial charge in [-0.15, -0.1) is 0 Å². The van der Waals surface area contributed by atoms with Gasteiger partial charge >= 0.3 is 0 Å². The van der Waals surface area contributed by atoms with Crippen molar-refractivity contribution in [3.05, 3.63) is 71.3 Å². The van der Waals surface area contributed by atoms with Crippen LogP contribution in [0.1, 0.15) is 22.8 Å². The number of nitrogens with one attached hydrogen (secondary N) is 1. The maximum atomic E-state index is 10.1. The van der Waals surface area contributed by atoms with Crippen molar-refractivity contribution >= 4 is 0 Å². The maximum Gasteiger partial charge on any atom is 0.0914 e. The Hall–Kier alpha value is -1.68. The monoisotopic (exact) mass is 271 g/mol. The smallest absolute Gasteiger partial charge is 0.0914 e. The normalized spacial score (nSPS) is 12.3. The van der Waals surface area contributed by atoms with Crippen LogP contribution < -0.4 is 5.32 Å².